The molecule has 2 unspecified atom stereocenters. The maximum Gasteiger partial charge on any atom is 0.0669 e. The Morgan fingerprint density at radius 3 is 2.64 bits per heavy atom. The highest BCUT2D eigenvalue weighted by atomic mass is 15.3. The zero-order valence-corrected chi connectivity index (χ0v) is 13.1. The predicted molar refractivity (Wildman–Crippen MR) is 84.6 cm³/mol. The normalized spacial score (nSPS) is 19.0. The lowest BCUT2D eigenvalue weighted by atomic mass is 10.0. The predicted octanol–water partition coefficient (Wildman–Crippen LogP) is 2.20. The molecule has 0 N–H and O–H groups in total. The van der Waals surface area contributed by atoms with E-state index in [9.17, 15) is 0 Å². The van der Waals surface area contributed by atoms with Crippen molar-refractivity contribution in [3.63, 3.8) is 0 Å². The van der Waals surface area contributed by atoms with Crippen LogP contribution in [-0.4, -0.2) is 47.5 Å². The van der Waals surface area contributed by atoms with Crippen LogP contribution in [0.5, 0.6) is 0 Å². The van der Waals surface area contributed by atoms with Crippen molar-refractivity contribution in [2.24, 2.45) is 5.92 Å². The van der Waals surface area contributed by atoms with E-state index in [1.165, 1.54) is 5.56 Å². The molecular formula is C17H23N5. The minimum atomic E-state index is -0.0260. The standard InChI is InChI=1S/C17H23N5/c1-15(17-5-3-7-20-13-17)22-10-8-21(9-11-22)14-16(12-19)4-2-6-18/h3,5,7,13,15-16H,2,4,8-11,14H2,1H3. The minimum absolute atomic E-state index is 0.0260. The molecule has 1 aromatic rings. The van der Waals surface area contributed by atoms with Crippen LogP contribution in [0.2, 0.25) is 0 Å². The van der Waals surface area contributed by atoms with Crippen LogP contribution >= 0.6 is 0 Å². The van der Waals surface area contributed by atoms with E-state index in [0.29, 0.717) is 18.9 Å². The molecule has 2 atom stereocenters. The first-order chi connectivity index (χ1) is 10.7. The van der Waals surface area contributed by atoms with E-state index in [0.717, 1.165) is 32.7 Å². The van der Waals surface area contributed by atoms with Crippen molar-refractivity contribution in [2.75, 3.05) is 32.7 Å². The van der Waals surface area contributed by atoms with Gasteiger partial charge in [0.25, 0.3) is 0 Å². The molecular weight excluding hydrogens is 274 g/mol. The zero-order chi connectivity index (χ0) is 15.8. The van der Waals surface area contributed by atoms with E-state index in [4.69, 9.17) is 10.5 Å². The lowest BCUT2D eigenvalue weighted by Crippen LogP contribution is -2.48. The van der Waals surface area contributed by atoms with Gasteiger partial charge in [0.15, 0.2) is 0 Å². The summed E-state index contributed by atoms with van der Waals surface area (Å²) in [5, 5.41) is 17.8. The Morgan fingerprint density at radius 2 is 2.05 bits per heavy atom. The van der Waals surface area contributed by atoms with Gasteiger partial charge in [-0.05, 0) is 25.0 Å². The Hall–Kier alpha value is -1.95. The van der Waals surface area contributed by atoms with Crippen LogP contribution in [0.1, 0.15) is 31.4 Å². The number of nitrogens with zero attached hydrogens (tertiary/aromatic N) is 5. The highest BCUT2D eigenvalue weighted by Crippen LogP contribution is 2.21. The fraction of sp³-hybridized carbons (Fsp3) is 0.588. The number of piperazine rings is 1. The van der Waals surface area contributed by atoms with Crippen molar-refractivity contribution in [3.05, 3.63) is 30.1 Å². The summed E-state index contributed by atoms with van der Waals surface area (Å²) in [7, 11) is 0. The van der Waals surface area contributed by atoms with Crippen LogP contribution < -0.4 is 0 Å². The van der Waals surface area contributed by atoms with Crippen molar-refractivity contribution < 1.29 is 0 Å². The van der Waals surface area contributed by atoms with E-state index in [2.05, 4.69) is 39.9 Å². The topological polar surface area (TPSA) is 67.0 Å². The minimum Gasteiger partial charge on any atom is -0.299 e. The molecule has 22 heavy (non-hydrogen) atoms. The lowest BCUT2D eigenvalue weighted by molar-refractivity contribution is 0.0954. The molecule has 0 spiro atoms. The second-order valence-corrected chi connectivity index (χ2v) is 5.82. The third-order valence-electron chi connectivity index (χ3n) is 4.39. The van der Waals surface area contributed by atoms with Gasteiger partial charge in [-0.25, -0.2) is 0 Å². The maximum absolute atomic E-state index is 9.17. The maximum atomic E-state index is 9.17. The van der Waals surface area contributed by atoms with Gasteiger partial charge in [-0.1, -0.05) is 6.07 Å². The molecule has 0 amide bonds. The van der Waals surface area contributed by atoms with Gasteiger partial charge in [-0.3, -0.25) is 14.8 Å². The fourth-order valence-corrected chi connectivity index (χ4v) is 2.91. The van der Waals surface area contributed by atoms with Crippen molar-refractivity contribution >= 4 is 0 Å². The molecule has 1 fully saturated rings. The van der Waals surface area contributed by atoms with E-state index in [1.54, 1.807) is 6.20 Å². The first-order valence-electron chi connectivity index (χ1n) is 7.87. The molecule has 2 heterocycles. The van der Waals surface area contributed by atoms with E-state index < -0.39 is 0 Å². The molecule has 0 aliphatic carbocycles. The molecule has 5 heteroatoms. The summed E-state index contributed by atoms with van der Waals surface area (Å²) in [6.07, 6.45) is 4.89. The van der Waals surface area contributed by atoms with Gasteiger partial charge in [0.05, 0.1) is 18.1 Å². The Bertz CT molecular complexity index is 522. The Kier molecular flexibility index (Phi) is 6.33. The Balaban J connectivity index is 1.80. The zero-order valence-electron chi connectivity index (χ0n) is 13.1. The molecule has 116 valence electrons. The Morgan fingerprint density at radius 1 is 1.27 bits per heavy atom. The van der Waals surface area contributed by atoms with Gasteiger partial charge >= 0.3 is 0 Å². The largest absolute Gasteiger partial charge is 0.299 e. The Labute approximate surface area is 132 Å². The fourth-order valence-electron chi connectivity index (χ4n) is 2.91. The molecule has 1 saturated heterocycles. The summed E-state index contributed by atoms with van der Waals surface area (Å²) in [5.41, 5.74) is 1.25. The van der Waals surface area contributed by atoms with E-state index in [1.807, 2.05) is 12.3 Å². The second kappa shape index (κ2) is 8.48. The van der Waals surface area contributed by atoms with Gasteiger partial charge in [-0.15, -0.1) is 0 Å². The number of rotatable bonds is 6. The third-order valence-corrected chi connectivity index (χ3v) is 4.39. The van der Waals surface area contributed by atoms with Gasteiger partial charge in [0, 0.05) is 57.6 Å². The number of pyridine rings is 1. The number of nitriles is 2. The van der Waals surface area contributed by atoms with Crippen LogP contribution in [0.15, 0.2) is 24.5 Å². The van der Waals surface area contributed by atoms with Crippen molar-refractivity contribution in [3.8, 4) is 12.1 Å². The monoisotopic (exact) mass is 297 g/mol. The van der Waals surface area contributed by atoms with Crippen molar-refractivity contribution in [2.45, 2.75) is 25.8 Å². The summed E-state index contributed by atoms with van der Waals surface area (Å²) < 4.78 is 0. The molecule has 1 aliphatic heterocycles. The van der Waals surface area contributed by atoms with Crippen LogP contribution in [0.25, 0.3) is 0 Å². The van der Waals surface area contributed by atoms with Gasteiger partial charge in [0.2, 0.25) is 0 Å². The highest BCUT2D eigenvalue weighted by molar-refractivity contribution is 5.13. The molecule has 0 bridgehead atoms. The number of aromatic nitrogens is 1. The average molecular weight is 297 g/mol. The molecule has 1 aliphatic rings. The van der Waals surface area contributed by atoms with Crippen LogP contribution in [0, 0.1) is 28.6 Å². The molecule has 0 aromatic carbocycles. The summed E-state index contributed by atoms with van der Waals surface area (Å²) >= 11 is 0. The molecule has 1 aromatic heterocycles. The van der Waals surface area contributed by atoms with Crippen molar-refractivity contribution in [1.82, 2.24) is 14.8 Å². The van der Waals surface area contributed by atoms with Crippen LogP contribution in [0.3, 0.4) is 0 Å². The first-order valence-corrected chi connectivity index (χ1v) is 7.87. The summed E-state index contributed by atoms with van der Waals surface area (Å²) in [5.74, 6) is -0.0260. The molecule has 5 nitrogen and oxygen atoms in total. The van der Waals surface area contributed by atoms with Crippen LogP contribution in [0.4, 0.5) is 0 Å². The highest BCUT2D eigenvalue weighted by Gasteiger charge is 2.23. The smallest absolute Gasteiger partial charge is 0.0669 e. The van der Waals surface area contributed by atoms with E-state index in [-0.39, 0.29) is 5.92 Å². The quantitative estimate of drug-likeness (QED) is 0.805. The SMILES string of the molecule is CC(c1cccnc1)N1CCN(CC(C#N)CCC#N)CC1. The summed E-state index contributed by atoms with van der Waals surface area (Å²) in [6.45, 7) is 6.98. The van der Waals surface area contributed by atoms with Gasteiger partial charge in [0.1, 0.15) is 0 Å². The van der Waals surface area contributed by atoms with Crippen LogP contribution in [-0.2, 0) is 0 Å². The van der Waals surface area contributed by atoms with E-state index >= 15 is 0 Å². The van der Waals surface area contributed by atoms with Gasteiger partial charge < -0.3 is 0 Å². The molecule has 0 radical (unpaired) electrons. The van der Waals surface area contributed by atoms with Crippen molar-refractivity contribution in [1.29, 1.82) is 10.5 Å². The van der Waals surface area contributed by atoms with Gasteiger partial charge in [-0.2, -0.15) is 10.5 Å². The number of hydrogen-bond donors (Lipinski definition) is 0. The lowest BCUT2D eigenvalue weighted by Gasteiger charge is -2.38. The average Bonchev–Trinajstić information content (AvgIpc) is 2.59. The third kappa shape index (κ3) is 4.53. The summed E-state index contributed by atoms with van der Waals surface area (Å²) in [6, 6.07) is 8.94. The summed E-state index contributed by atoms with van der Waals surface area (Å²) in [4.78, 5) is 9.00. The second-order valence-electron chi connectivity index (χ2n) is 5.82. The first kappa shape index (κ1) is 16.4. The molecule has 0 saturated carbocycles. The molecule has 2 rings (SSSR count). The number of hydrogen-bond acceptors (Lipinski definition) is 5.